The standard InChI is InChI=1S/C30H33N3O7/c1-20-8-4-5-9-24(20)31-29(37)32-25-15-10-21(18-26(25)38-2)19-27(34)30(39-3,33-16-6-7-17-33)40-23-13-11-22(12-14-23)28(35)36/h4-5,8-15,18H,6-7,16-17,19H2,1-3H3,(H,35,36)(H2,31,32,37). The Morgan fingerprint density at radius 3 is 2.23 bits per heavy atom. The lowest BCUT2D eigenvalue weighted by Gasteiger charge is -2.38. The van der Waals surface area contributed by atoms with Gasteiger partial charge < -0.3 is 30.0 Å². The van der Waals surface area contributed by atoms with Crippen LogP contribution in [0.3, 0.4) is 0 Å². The number of ketones is 1. The van der Waals surface area contributed by atoms with Gasteiger partial charge in [0.2, 0.25) is 5.78 Å². The van der Waals surface area contributed by atoms with Crippen molar-refractivity contribution in [2.75, 3.05) is 37.9 Å². The summed E-state index contributed by atoms with van der Waals surface area (Å²) in [5.74, 6) is -2.39. The van der Waals surface area contributed by atoms with Gasteiger partial charge in [-0.25, -0.2) is 14.5 Å². The number of carbonyl (C=O) groups is 3. The predicted molar refractivity (Wildman–Crippen MR) is 150 cm³/mol. The van der Waals surface area contributed by atoms with E-state index in [1.165, 1.54) is 38.5 Å². The van der Waals surface area contributed by atoms with Gasteiger partial charge in [-0.05, 0) is 73.4 Å². The number of hydrogen-bond donors (Lipinski definition) is 3. The molecule has 1 unspecified atom stereocenters. The van der Waals surface area contributed by atoms with Gasteiger partial charge in [-0.2, -0.15) is 0 Å². The molecule has 4 rings (SSSR count). The highest BCUT2D eigenvalue weighted by Crippen LogP contribution is 2.31. The van der Waals surface area contributed by atoms with Crippen LogP contribution in [-0.2, 0) is 16.0 Å². The summed E-state index contributed by atoms with van der Waals surface area (Å²) in [7, 11) is 2.90. The molecule has 1 atom stereocenters. The Kier molecular flexibility index (Phi) is 9.03. The zero-order valence-corrected chi connectivity index (χ0v) is 22.7. The van der Waals surface area contributed by atoms with Crippen LogP contribution in [0.15, 0.2) is 66.7 Å². The van der Waals surface area contributed by atoms with Crippen LogP contribution in [0.25, 0.3) is 0 Å². The minimum absolute atomic E-state index is 0.0381. The fourth-order valence-corrected chi connectivity index (χ4v) is 4.65. The molecule has 10 nitrogen and oxygen atoms in total. The minimum atomic E-state index is -1.70. The second-order valence-corrected chi connectivity index (χ2v) is 9.44. The number of likely N-dealkylation sites (tertiary alicyclic amines) is 1. The topological polar surface area (TPSA) is 126 Å². The molecule has 1 saturated heterocycles. The molecule has 0 radical (unpaired) electrons. The van der Waals surface area contributed by atoms with Gasteiger partial charge in [0.05, 0.1) is 18.4 Å². The first-order valence-corrected chi connectivity index (χ1v) is 12.9. The largest absolute Gasteiger partial charge is 0.495 e. The average molecular weight is 548 g/mol. The second-order valence-electron chi connectivity index (χ2n) is 9.44. The van der Waals surface area contributed by atoms with E-state index in [1.807, 2.05) is 36.1 Å². The van der Waals surface area contributed by atoms with Gasteiger partial charge in [0.15, 0.2) is 0 Å². The lowest BCUT2D eigenvalue weighted by Crippen LogP contribution is -2.60. The number of aromatic carboxylic acids is 1. The monoisotopic (exact) mass is 547 g/mol. The van der Waals surface area contributed by atoms with Crippen molar-refractivity contribution >= 4 is 29.2 Å². The number of nitrogens with one attached hydrogen (secondary N) is 2. The number of nitrogens with zero attached hydrogens (tertiary/aromatic N) is 1. The number of Topliss-reactive ketones (excluding diaryl/α,β-unsaturated/α-hetero) is 1. The molecular formula is C30H33N3O7. The molecule has 0 bridgehead atoms. The molecule has 1 heterocycles. The van der Waals surface area contributed by atoms with Gasteiger partial charge >= 0.3 is 17.9 Å². The summed E-state index contributed by atoms with van der Waals surface area (Å²) in [5.41, 5.74) is 2.81. The number of rotatable bonds is 11. The van der Waals surface area contributed by atoms with Gasteiger partial charge in [-0.1, -0.05) is 24.3 Å². The summed E-state index contributed by atoms with van der Waals surface area (Å²) in [4.78, 5) is 39.5. The van der Waals surface area contributed by atoms with Crippen molar-refractivity contribution < 1.29 is 33.7 Å². The van der Waals surface area contributed by atoms with Crippen LogP contribution in [0.5, 0.6) is 11.5 Å². The number of anilines is 2. The SMILES string of the molecule is COc1cc(CC(=O)C(OC)(Oc2ccc(C(=O)O)cc2)N2CCCC2)ccc1NC(=O)Nc1ccccc1C. The van der Waals surface area contributed by atoms with Crippen molar-refractivity contribution in [3.05, 3.63) is 83.4 Å². The van der Waals surface area contributed by atoms with E-state index in [0.717, 1.165) is 18.4 Å². The number of amides is 2. The molecule has 210 valence electrons. The van der Waals surface area contributed by atoms with Crippen LogP contribution in [-0.4, -0.2) is 61.0 Å². The van der Waals surface area contributed by atoms with Gasteiger partial charge in [-0.3, -0.25) is 4.79 Å². The first kappa shape index (κ1) is 28.6. The van der Waals surface area contributed by atoms with Crippen LogP contribution >= 0.6 is 0 Å². The van der Waals surface area contributed by atoms with Crippen LogP contribution in [0, 0.1) is 6.92 Å². The molecule has 2 amide bonds. The van der Waals surface area contributed by atoms with E-state index in [-0.39, 0.29) is 17.8 Å². The smallest absolute Gasteiger partial charge is 0.335 e. The van der Waals surface area contributed by atoms with Crippen molar-refractivity contribution in [1.82, 2.24) is 4.90 Å². The second kappa shape index (κ2) is 12.6. The number of ether oxygens (including phenoxy) is 3. The Balaban J connectivity index is 1.53. The molecule has 0 aromatic heterocycles. The molecule has 10 heteroatoms. The van der Waals surface area contributed by atoms with E-state index in [1.54, 1.807) is 18.2 Å². The van der Waals surface area contributed by atoms with Crippen molar-refractivity contribution in [2.24, 2.45) is 0 Å². The van der Waals surface area contributed by atoms with Crippen LogP contribution in [0.4, 0.5) is 16.2 Å². The minimum Gasteiger partial charge on any atom is -0.495 e. The molecule has 1 aliphatic rings. The maximum atomic E-state index is 13.8. The zero-order chi connectivity index (χ0) is 28.7. The molecule has 0 saturated carbocycles. The number of para-hydroxylation sites is 1. The van der Waals surface area contributed by atoms with Crippen molar-refractivity contribution in [3.8, 4) is 11.5 Å². The third kappa shape index (κ3) is 6.41. The predicted octanol–water partition coefficient (Wildman–Crippen LogP) is 4.93. The number of benzene rings is 3. The maximum absolute atomic E-state index is 13.8. The van der Waals surface area contributed by atoms with E-state index in [9.17, 15) is 19.5 Å². The number of aryl methyl sites for hydroxylation is 1. The first-order valence-electron chi connectivity index (χ1n) is 12.9. The Bertz CT molecular complexity index is 1370. The Hall–Kier alpha value is -4.41. The van der Waals surface area contributed by atoms with Gasteiger partial charge in [0, 0.05) is 32.3 Å². The third-order valence-electron chi connectivity index (χ3n) is 6.78. The fourth-order valence-electron chi connectivity index (χ4n) is 4.65. The lowest BCUT2D eigenvalue weighted by atomic mass is 10.0. The quantitative estimate of drug-likeness (QED) is 0.289. The molecule has 40 heavy (non-hydrogen) atoms. The highest BCUT2D eigenvalue weighted by Gasteiger charge is 2.48. The molecule has 3 aromatic rings. The van der Waals surface area contributed by atoms with Gasteiger partial charge in [0.25, 0.3) is 0 Å². The lowest BCUT2D eigenvalue weighted by molar-refractivity contribution is -0.242. The van der Waals surface area contributed by atoms with Gasteiger partial charge in [-0.15, -0.1) is 0 Å². The van der Waals surface area contributed by atoms with E-state index >= 15 is 0 Å². The number of methoxy groups -OCH3 is 2. The third-order valence-corrected chi connectivity index (χ3v) is 6.78. The molecular weight excluding hydrogens is 514 g/mol. The van der Waals surface area contributed by atoms with Crippen molar-refractivity contribution in [3.63, 3.8) is 0 Å². The van der Waals surface area contributed by atoms with Crippen LogP contribution in [0.1, 0.15) is 34.3 Å². The number of hydrogen-bond acceptors (Lipinski definition) is 7. The molecule has 0 spiro atoms. The van der Waals surface area contributed by atoms with Crippen molar-refractivity contribution in [2.45, 2.75) is 32.1 Å². The highest BCUT2D eigenvalue weighted by molar-refractivity contribution is 6.01. The number of carboxylic acids is 1. The number of carboxylic acid groups (broad SMARTS) is 1. The van der Waals surface area contributed by atoms with Crippen molar-refractivity contribution in [1.29, 1.82) is 0 Å². The van der Waals surface area contributed by atoms with E-state index < -0.39 is 17.9 Å². The average Bonchev–Trinajstić information content (AvgIpc) is 3.49. The number of urea groups is 1. The van der Waals surface area contributed by atoms with E-state index in [0.29, 0.717) is 41.5 Å². The summed E-state index contributed by atoms with van der Waals surface area (Å²) in [6.45, 7) is 3.11. The Morgan fingerprint density at radius 1 is 0.925 bits per heavy atom. The maximum Gasteiger partial charge on any atom is 0.335 e. The van der Waals surface area contributed by atoms with Crippen LogP contribution in [0.2, 0.25) is 0 Å². The van der Waals surface area contributed by atoms with Crippen LogP contribution < -0.4 is 20.1 Å². The molecule has 0 aliphatic carbocycles. The molecule has 3 aromatic carbocycles. The first-order chi connectivity index (χ1) is 19.3. The van der Waals surface area contributed by atoms with E-state index in [4.69, 9.17) is 14.2 Å². The normalized spacial score (nSPS) is 14.7. The summed E-state index contributed by atoms with van der Waals surface area (Å²) in [5, 5.41) is 14.8. The number of carbonyl (C=O) groups excluding carboxylic acids is 2. The molecule has 1 aliphatic heterocycles. The molecule has 1 fully saturated rings. The van der Waals surface area contributed by atoms with E-state index in [2.05, 4.69) is 10.6 Å². The fraction of sp³-hybridized carbons (Fsp3) is 0.300. The molecule has 3 N–H and O–H groups in total. The zero-order valence-electron chi connectivity index (χ0n) is 22.7. The summed E-state index contributed by atoms with van der Waals surface area (Å²) in [6.07, 6.45) is 1.74. The summed E-state index contributed by atoms with van der Waals surface area (Å²) in [6, 6.07) is 18.0. The highest BCUT2D eigenvalue weighted by atomic mass is 16.7. The van der Waals surface area contributed by atoms with Gasteiger partial charge in [0.1, 0.15) is 11.5 Å². The Labute approximate surface area is 232 Å². The Morgan fingerprint density at radius 2 is 1.60 bits per heavy atom. The summed E-state index contributed by atoms with van der Waals surface area (Å²) >= 11 is 0. The summed E-state index contributed by atoms with van der Waals surface area (Å²) < 4.78 is 17.5.